The van der Waals surface area contributed by atoms with E-state index < -0.39 is 12.6 Å². The fourth-order valence-corrected chi connectivity index (χ4v) is 1.29. The molecule has 0 aliphatic heterocycles. The second kappa shape index (κ2) is 8.90. The number of aliphatic hydroxyl groups is 1. The van der Waals surface area contributed by atoms with Crippen molar-refractivity contribution in [1.29, 1.82) is 0 Å². The highest BCUT2D eigenvalue weighted by Crippen LogP contribution is 2.05. The molecule has 0 saturated heterocycles. The lowest BCUT2D eigenvalue weighted by Crippen LogP contribution is -2.35. The Hall–Kier alpha value is -0.200. The van der Waals surface area contributed by atoms with E-state index in [1.807, 2.05) is 6.92 Å². The van der Waals surface area contributed by atoms with Crippen LogP contribution in [0, 0.1) is 0 Å². The van der Waals surface area contributed by atoms with E-state index in [1.165, 1.54) is 6.92 Å². The Balaban J connectivity index is 3.67. The number of rotatable bonds is 9. The van der Waals surface area contributed by atoms with Gasteiger partial charge in [-0.15, -0.1) is 0 Å². The lowest BCUT2D eigenvalue weighted by molar-refractivity contribution is -0.279. The van der Waals surface area contributed by atoms with Gasteiger partial charge >= 0.3 is 0 Å². The molecule has 0 rings (SSSR count). The van der Waals surface area contributed by atoms with Crippen LogP contribution in [0.4, 0.5) is 0 Å². The lowest BCUT2D eigenvalue weighted by Gasteiger charge is -2.24. The molecule has 16 heavy (non-hydrogen) atoms. The van der Waals surface area contributed by atoms with Crippen molar-refractivity contribution in [1.82, 2.24) is 5.32 Å². The summed E-state index contributed by atoms with van der Waals surface area (Å²) in [5, 5.41) is 12.2. The van der Waals surface area contributed by atoms with Gasteiger partial charge in [0.15, 0.2) is 18.9 Å². The van der Waals surface area contributed by atoms with Crippen LogP contribution >= 0.6 is 0 Å². The van der Waals surface area contributed by atoms with Crippen LogP contribution in [-0.2, 0) is 14.2 Å². The fraction of sp³-hybridized carbons (Fsp3) is 1.00. The summed E-state index contributed by atoms with van der Waals surface area (Å²) in [6, 6.07) is 0. The molecule has 0 saturated carbocycles. The third-order valence-electron chi connectivity index (χ3n) is 1.85. The number of hydrogen-bond acceptors (Lipinski definition) is 5. The second-order valence-electron chi connectivity index (χ2n) is 3.74. The molecule has 5 nitrogen and oxygen atoms in total. The quantitative estimate of drug-likeness (QED) is 0.592. The Morgan fingerprint density at radius 2 is 1.56 bits per heavy atom. The molecular formula is C11H25NO4. The standard InChI is InChI=1S/C11H25NO4/c1-6-7-12-8(2)14-10(4)16-11(5)15-9(3)13/h8-13H,6-7H2,1-5H3. The summed E-state index contributed by atoms with van der Waals surface area (Å²) in [4.78, 5) is 0. The molecule has 0 heterocycles. The largest absolute Gasteiger partial charge is 0.368 e. The highest BCUT2D eigenvalue weighted by Gasteiger charge is 2.13. The SMILES string of the molecule is CCCNC(C)OC(C)OC(C)OC(C)O. The van der Waals surface area contributed by atoms with Crippen LogP contribution in [0.2, 0.25) is 0 Å². The minimum absolute atomic E-state index is 0.0614. The highest BCUT2D eigenvalue weighted by molar-refractivity contribution is 4.48. The van der Waals surface area contributed by atoms with Crippen LogP contribution in [0.1, 0.15) is 41.0 Å². The third kappa shape index (κ3) is 9.06. The minimum Gasteiger partial charge on any atom is -0.368 e. The van der Waals surface area contributed by atoms with Crippen molar-refractivity contribution in [2.24, 2.45) is 0 Å². The molecule has 0 fully saturated rings. The number of hydrogen-bond donors (Lipinski definition) is 2. The molecule has 0 aromatic carbocycles. The number of nitrogens with one attached hydrogen (secondary N) is 1. The summed E-state index contributed by atoms with van der Waals surface area (Å²) >= 11 is 0. The van der Waals surface area contributed by atoms with Crippen molar-refractivity contribution in [2.45, 2.75) is 66.1 Å². The third-order valence-corrected chi connectivity index (χ3v) is 1.85. The van der Waals surface area contributed by atoms with Gasteiger partial charge in [-0.05, 0) is 40.7 Å². The maximum atomic E-state index is 8.98. The Labute approximate surface area is 98.1 Å². The Bertz CT molecular complexity index is 166. The van der Waals surface area contributed by atoms with Gasteiger partial charge in [-0.3, -0.25) is 5.32 Å². The average Bonchev–Trinajstić information content (AvgIpc) is 2.12. The summed E-state index contributed by atoms with van der Waals surface area (Å²) in [5.41, 5.74) is 0. The molecule has 0 aromatic rings. The summed E-state index contributed by atoms with van der Waals surface area (Å²) < 4.78 is 15.9. The predicted molar refractivity (Wildman–Crippen MR) is 61.6 cm³/mol. The van der Waals surface area contributed by atoms with E-state index in [-0.39, 0.29) is 12.5 Å². The van der Waals surface area contributed by atoms with Crippen LogP contribution in [0.5, 0.6) is 0 Å². The van der Waals surface area contributed by atoms with Crippen molar-refractivity contribution in [3.63, 3.8) is 0 Å². The van der Waals surface area contributed by atoms with Crippen LogP contribution in [0.3, 0.4) is 0 Å². The summed E-state index contributed by atoms with van der Waals surface area (Å²) in [6.07, 6.45) is -0.710. The summed E-state index contributed by atoms with van der Waals surface area (Å²) in [5.74, 6) is 0. The normalized spacial score (nSPS) is 19.1. The van der Waals surface area contributed by atoms with Crippen LogP contribution in [0.25, 0.3) is 0 Å². The van der Waals surface area contributed by atoms with Gasteiger partial charge in [0.1, 0.15) is 6.23 Å². The zero-order valence-electron chi connectivity index (χ0n) is 10.9. The highest BCUT2D eigenvalue weighted by atomic mass is 16.8. The van der Waals surface area contributed by atoms with Gasteiger partial charge in [0.05, 0.1) is 0 Å². The molecule has 0 spiro atoms. The van der Waals surface area contributed by atoms with Crippen LogP contribution < -0.4 is 5.32 Å². The zero-order chi connectivity index (χ0) is 12.6. The van der Waals surface area contributed by atoms with Crippen molar-refractivity contribution < 1.29 is 19.3 Å². The molecular weight excluding hydrogens is 210 g/mol. The van der Waals surface area contributed by atoms with E-state index in [2.05, 4.69) is 12.2 Å². The van der Waals surface area contributed by atoms with E-state index in [9.17, 15) is 0 Å². The van der Waals surface area contributed by atoms with Crippen molar-refractivity contribution in [3.8, 4) is 0 Å². The topological polar surface area (TPSA) is 60.0 Å². The monoisotopic (exact) mass is 235 g/mol. The molecule has 0 amide bonds. The first-order valence-corrected chi connectivity index (χ1v) is 5.83. The van der Waals surface area contributed by atoms with Crippen LogP contribution in [-0.4, -0.2) is 36.7 Å². The molecule has 2 N–H and O–H groups in total. The van der Waals surface area contributed by atoms with Crippen molar-refractivity contribution >= 4 is 0 Å². The molecule has 0 aliphatic rings. The summed E-state index contributed by atoms with van der Waals surface area (Å²) in [7, 11) is 0. The molecule has 0 aliphatic carbocycles. The maximum Gasteiger partial charge on any atom is 0.161 e. The van der Waals surface area contributed by atoms with Gasteiger partial charge in [-0.2, -0.15) is 0 Å². The first-order valence-electron chi connectivity index (χ1n) is 5.83. The van der Waals surface area contributed by atoms with E-state index >= 15 is 0 Å². The molecule has 0 radical (unpaired) electrons. The number of ether oxygens (including phenoxy) is 3. The van der Waals surface area contributed by atoms with Gasteiger partial charge in [-0.25, -0.2) is 0 Å². The second-order valence-corrected chi connectivity index (χ2v) is 3.74. The minimum atomic E-state index is -0.835. The van der Waals surface area contributed by atoms with E-state index in [0.29, 0.717) is 0 Å². The lowest BCUT2D eigenvalue weighted by atomic mass is 10.4. The van der Waals surface area contributed by atoms with Crippen molar-refractivity contribution in [2.75, 3.05) is 6.54 Å². The van der Waals surface area contributed by atoms with Crippen LogP contribution in [0.15, 0.2) is 0 Å². The van der Waals surface area contributed by atoms with E-state index in [0.717, 1.165) is 13.0 Å². The fourth-order valence-electron chi connectivity index (χ4n) is 1.29. The van der Waals surface area contributed by atoms with Crippen molar-refractivity contribution in [3.05, 3.63) is 0 Å². The molecule has 0 aromatic heterocycles. The smallest absolute Gasteiger partial charge is 0.161 e. The predicted octanol–water partition coefficient (Wildman–Crippen LogP) is 1.41. The Morgan fingerprint density at radius 3 is 2.06 bits per heavy atom. The van der Waals surface area contributed by atoms with Gasteiger partial charge in [0.25, 0.3) is 0 Å². The first-order chi connectivity index (χ1) is 7.45. The molecule has 4 atom stereocenters. The van der Waals surface area contributed by atoms with Gasteiger partial charge in [-0.1, -0.05) is 6.92 Å². The maximum absolute atomic E-state index is 8.98. The Kier molecular flexibility index (Phi) is 8.78. The summed E-state index contributed by atoms with van der Waals surface area (Å²) in [6.45, 7) is 9.99. The first kappa shape index (κ1) is 15.8. The van der Waals surface area contributed by atoms with Gasteiger partial charge < -0.3 is 19.3 Å². The molecule has 5 heteroatoms. The average molecular weight is 235 g/mol. The van der Waals surface area contributed by atoms with Gasteiger partial charge in [0, 0.05) is 0 Å². The zero-order valence-corrected chi connectivity index (χ0v) is 10.9. The Morgan fingerprint density at radius 1 is 1.00 bits per heavy atom. The molecule has 4 unspecified atom stereocenters. The van der Waals surface area contributed by atoms with Gasteiger partial charge in [0.2, 0.25) is 0 Å². The molecule has 0 bridgehead atoms. The van der Waals surface area contributed by atoms with E-state index in [1.54, 1.807) is 13.8 Å². The van der Waals surface area contributed by atoms with E-state index in [4.69, 9.17) is 19.3 Å². The molecule has 98 valence electrons. The number of aliphatic hydroxyl groups excluding tert-OH is 1.